The van der Waals surface area contributed by atoms with Crippen LogP contribution in [0.4, 0.5) is 0 Å². The zero-order valence-electron chi connectivity index (χ0n) is 14.6. The zero-order valence-corrected chi connectivity index (χ0v) is 14.6. The van der Waals surface area contributed by atoms with Crippen molar-refractivity contribution in [2.24, 2.45) is 0 Å². The van der Waals surface area contributed by atoms with E-state index in [4.69, 9.17) is 24.5 Å². The summed E-state index contributed by atoms with van der Waals surface area (Å²) in [6, 6.07) is 7.52. The molecule has 1 amide bonds. The van der Waals surface area contributed by atoms with E-state index in [-0.39, 0.29) is 12.0 Å². The number of benzene rings is 1. The molecule has 1 aromatic carbocycles. The van der Waals surface area contributed by atoms with Gasteiger partial charge in [-0.1, -0.05) is 12.1 Å². The van der Waals surface area contributed by atoms with E-state index in [0.717, 1.165) is 19.5 Å². The third-order valence-corrected chi connectivity index (χ3v) is 3.59. The molecule has 1 aliphatic rings. The summed E-state index contributed by atoms with van der Waals surface area (Å²) in [4.78, 5) is 34.6. The zero-order chi connectivity index (χ0) is 19.0. The summed E-state index contributed by atoms with van der Waals surface area (Å²) < 4.78 is 6.02. The monoisotopic (exact) mass is 352 g/mol. The lowest BCUT2D eigenvalue weighted by Gasteiger charge is -2.23. The SMILES string of the molecule is CCN1CC(CCN(C)C)Oc2ccccc2C1=O.O=C(O)C(=O)O. The lowest BCUT2D eigenvalue weighted by atomic mass is 10.2. The number of rotatable bonds is 4. The molecule has 2 rings (SSSR count). The molecular weight excluding hydrogens is 328 g/mol. The van der Waals surface area contributed by atoms with Gasteiger partial charge in [0.1, 0.15) is 11.9 Å². The van der Waals surface area contributed by atoms with Crippen LogP contribution in [0.2, 0.25) is 0 Å². The van der Waals surface area contributed by atoms with E-state index in [1.807, 2.05) is 50.2 Å². The smallest absolute Gasteiger partial charge is 0.414 e. The van der Waals surface area contributed by atoms with Crippen molar-refractivity contribution in [3.8, 4) is 5.75 Å². The predicted molar refractivity (Wildman–Crippen MR) is 90.9 cm³/mol. The third-order valence-electron chi connectivity index (χ3n) is 3.59. The second-order valence-corrected chi connectivity index (χ2v) is 5.78. The number of carbonyl (C=O) groups is 3. The average Bonchev–Trinajstić information content (AvgIpc) is 2.70. The van der Waals surface area contributed by atoms with Gasteiger partial charge in [-0.3, -0.25) is 4.79 Å². The Labute approximate surface area is 146 Å². The molecule has 8 nitrogen and oxygen atoms in total. The topological polar surface area (TPSA) is 107 Å². The number of para-hydroxylation sites is 1. The third kappa shape index (κ3) is 6.42. The van der Waals surface area contributed by atoms with Crippen LogP contribution in [0.25, 0.3) is 0 Å². The van der Waals surface area contributed by atoms with E-state index in [0.29, 0.717) is 17.9 Å². The Morgan fingerprint density at radius 2 is 1.84 bits per heavy atom. The van der Waals surface area contributed by atoms with Crippen molar-refractivity contribution >= 4 is 17.8 Å². The Morgan fingerprint density at radius 3 is 2.36 bits per heavy atom. The van der Waals surface area contributed by atoms with Crippen LogP contribution in [0.1, 0.15) is 23.7 Å². The molecule has 138 valence electrons. The number of carboxylic acids is 2. The van der Waals surface area contributed by atoms with Gasteiger partial charge in [0.05, 0.1) is 12.1 Å². The van der Waals surface area contributed by atoms with E-state index in [2.05, 4.69) is 4.90 Å². The molecule has 0 aromatic heterocycles. The molecule has 1 unspecified atom stereocenters. The van der Waals surface area contributed by atoms with Gasteiger partial charge in [-0.25, -0.2) is 9.59 Å². The number of ether oxygens (including phenoxy) is 1. The molecule has 1 aromatic rings. The van der Waals surface area contributed by atoms with Crippen LogP contribution in [-0.2, 0) is 9.59 Å². The van der Waals surface area contributed by atoms with Crippen LogP contribution in [0.15, 0.2) is 24.3 Å². The Bertz CT molecular complexity index is 605. The molecule has 1 atom stereocenters. The van der Waals surface area contributed by atoms with Crippen LogP contribution in [0.3, 0.4) is 0 Å². The van der Waals surface area contributed by atoms with Crippen LogP contribution in [-0.4, -0.2) is 77.7 Å². The molecule has 1 aliphatic heterocycles. The highest BCUT2D eigenvalue weighted by atomic mass is 16.5. The standard InChI is InChI=1S/C15H22N2O2.C2H2O4/c1-4-17-11-12(9-10-16(2)3)19-14-8-6-5-7-13(14)15(17)18;3-1(4)2(5)6/h5-8,12H,4,9-11H2,1-3H3;(H,3,4)(H,5,6). The number of hydrogen-bond donors (Lipinski definition) is 2. The van der Waals surface area contributed by atoms with E-state index in [1.54, 1.807) is 0 Å². The summed E-state index contributed by atoms with van der Waals surface area (Å²) in [5.41, 5.74) is 0.678. The fraction of sp³-hybridized carbons (Fsp3) is 0.471. The van der Waals surface area contributed by atoms with Gasteiger partial charge in [-0.05, 0) is 39.6 Å². The Balaban J connectivity index is 0.000000450. The predicted octanol–water partition coefficient (Wildman–Crippen LogP) is 1.02. The first-order valence-electron chi connectivity index (χ1n) is 7.92. The fourth-order valence-electron chi connectivity index (χ4n) is 2.29. The molecule has 0 aliphatic carbocycles. The summed E-state index contributed by atoms with van der Waals surface area (Å²) in [7, 11) is 4.10. The highest BCUT2D eigenvalue weighted by Crippen LogP contribution is 2.25. The first-order valence-corrected chi connectivity index (χ1v) is 7.92. The van der Waals surface area contributed by atoms with Crippen molar-refractivity contribution in [2.75, 3.05) is 33.7 Å². The largest absolute Gasteiger partial charge is 0.488 e. The van der Waals surface area contributed by atoms with Crippen LogP contribution < -0.4 is 4.74 Å². The minimum absolute atomic E-state index is 0.0648. The van der Waals surface area contributed by atoms with Crippen molar-refractivity contribution < 1.29 is 29.3 Å². The highest BCUT2D eigenvalue weighted by molar-refractivity contribution is 6.27. The molecule has 25 heavy (non-hydrogen) atoms. The van der Waals surface area contributed by atoms with E-state index in [9.17, 15) is 4.79 Å². The van der Waals surface area contributed by atoms with Crippen molar-refractivity contribution in [3.05, 3.63) is 29.8 Å². The van der Waals surface area contributed by atoms with Gasteiger partial charge in [0.15, 0.2) is 0 Å². The van der Waals surface area contributed by atoms with Crippen LogP contribution >= 0.6 is 0 Å². The fourth-order valence-corrected chi connectivity index (χ4v) is 2.29. The van der Waals surface area contributed by atoms with Crippen LogP contribution in [0.5, 0.6) is 5.75 Å². The number of fused-ring (bicyclic) bond motifs is 1. The summed E-state index contributed by atoms with van der Waals surface area (Å²) in [5, 5.41) is 14.8. The Morgan fingerprint density at radius 1 is 1.24 bits per heavy atom. The van der Waals surface area contributed by atoms with E-state index >= 15 is 0 Å². The first-order chi connectivity index (χ1) is 11.8. The van der Waals surface area contributed by atoms with Gasteiger partial charge in [0, 0.05) is 13.1 Å². The molecule has 0 radical (unpaired) electrons. The normalized spacial score (nSPS) is 16.2. The van der Waals surface area contributed by atoms with Crippen molar-refractivity contribution in [2.45, 2.75) is 19.4 Å². The number of likely N-dealkylation sites (N-methyl/N-ethyl adjacent to an activating group) is 1. The lowest BCUT2D eigenvalue weighted by molar-refractivity contribution is -0.159. The Kier molecular flexibility index (Phi) is 7.87. The van der Waals surface area contributed by atoms with Gasteiger partial charge >= 0.3 is 11.9 Å². The molecule has 8 heteroatoms. The number of nitrogens with zero attached hydrogens (tertiary/aromatic N) is 2. The lowest BCUT2D eigenvalue weighted by Crippen LogP contribution is -2.38. The van der Waals surface area contributed by atoms with Gasteiger partial charge in [0.2, 0.25) is 0 Å². The second-order valence-electron chi connectivity index (χ2n) is 5.78. The number of carboxylic acid groups (broad SMARTS) is 2. The Hall–Kier alpha value is -2.61. The molecule has 0 saturated heterocycles. The maximum atomic E-state index is 12.4. The van der Waals surface area contributed by atoms with Crippen molar-refractivity contribution in [3.63, 3.8) is 0 Å². The molecule has 0 saturated carbocycles. The average molecular weight is 352 g/mol. The van der Waals surface area contributed by atoms with Crippen molar-refractivity contribution in [1.82, 2.24) is 9.80 Å². The first kappa shape index (κ1) is 20.4. The van der Waals surface area contributed by atoms with Gasteiger partial charge in [0.25, 0.3) is 5.91 Å². The van der Waals surface area contributed by atoms with Gasteiger partial charge in [-0.15, -0.1) is 0 Å². The molecule has 2 N–H and O–H groups in total. The molecular formula is C17H24N2O6. The molecule has 1 heterocycles. The summed E-state index contributed by atoms with van der Waals surface area (Å²) >= 11 is 0. The van der Waals surface area contributed by atoms with Gasteiger partial charge in [-0.2, -0.15) is 0 Å². The summed E-state index contributed by atoms with van der Waals surface area (Å²) in [6.45, 7) is 4.35. The van der Waals surface area contributed by atoms with E-state index < -0.39 is 11.9 Å². The highest BCUT2D eigenvalue weighted by Gasteiger charge is 2.27. The second kappa shape index (κ2) is 9.63. The number of aliphatic carboxylic acids is 2. The van der Waals surface area contributed by atoms with Gasteiger partial charge < -0.3 is 24.7 Å². The van der Waals surface area contributed by atoms with Crippen LogP contribution in [0, 0.1) is 0 Å². The summed E-state index contributed by atoms with van der Waals surface area (Å²) in [5.74, 6) is -2.86. The minimum Gasteiger partial charge on any atom is -0.488 e. The molecule has 0 spiro atoms. The number of hydrogen-bond acceptors (Lipinski definition) is 5. The molecule has 0 fully saturated rings. The van der Waals surface area contributed by atoms with E-state index in [1.165, 1.54) is 0 Å². The number of carbonyl (C=O) groups excluding carboxylic acids is 1. The minimum atomic E-state index is -1.82. The maximum Gasteiger partial charge on any atom is 0.414 e. The number of amides is 1. The molecule has 0 bridgehead atoms. The summed E-state index contributed by atoms with van der Waals surface area (Å²) in [6.07, 6.45) is 0.987. The maximum absolute atomic E-state index is 12.4. The van der Waals surface area contributed by atoms with Crippen molar-refractivity contribution in [1.29, 1.82) is 0 Å². The quantitative estimate of drug-likeness (QED) is 0.779.